The summed E-state index contributed by atoms with van der Waals surface area (Å²) in [5.74, 6) is -0.376. The number of likely N-dealkylation sites (tertiary alicyclic amines) is 1. The third kappa shape index (κ3) is 6.94. The molecule has 1 N–H and O–H groups in total. The molecule has 1 atom stereocenters. The van der Waals surface area contributed by atoms with E-state index in [9.17, 15) is 18.0 Å². The zero-order valence-electron chi connectivity index (χ0n) is 16.0. The van der Waals surface area contributed by atoms with Crippen molar-refractivity contribution in [3.05, 3.63) is 30.3 Å². The Kier molecular flexibility index (Phi) is 7.96. The van der Waals surface area contributed by atoms with Crippen LogP contribution in [0, 0.1) is 11.3 Å². The van der Waals surface area contributed by atoms with E-state index in [2.05, 4.69) is 4.72 Å². The molecule has 0 aromatic heterocycles. The van der Waals surface area contributed by atoms with Crippen LogP contribution in [0.4, 0.5) is 5.69 Å². The van der Waals surface area contributed by atoms with Crippen molar-refractivity contribution in [1.82, 2.24) is 9.62 Å². The van der Waals surface area contributed by atoms with E-state index in [1.165, 1.54) is 4.90 Å². The Labute approximate surface area is 166 Å². The van der Waals surface area contributed by atoms with Gasteiger partial charge in [0.2, 0.25) is 21.8 Å². The maximum absolute atomic E-state index is 12.6. The first-order chi connectivity index (χ1) is 13.3. The Hall–Kier alpha value is -2.44. The predicted molar refractivity (Wildman–Crippen MR) is 106 cm³/mol. The van der Waals surface area contributed by atoms with Crippen molar-refractivity contribution in [3.63, 3.8) is 0 Å². The summed E-state index contributed by atoms with van der Waals surface area (Å²) < 4.78 is 25.3. The van der Waals surface area contributed by atoms with Gasteiger partial charge >= 0.3 is 0 Å². The highest BCUT2D eigenvalue weighted by atomic mass is 32.2. The van der Waals surface area contributed by atoms with Gasteiger partial charge in [-0.05, 0) is 25.0 Å². The standard InChI is InChI=1S/C19H26N4O4S/c1-28(26,27)21-16-7-5-13-22(15-16)18(24)10-11-19(25)23(14-6-12-20)17-8-3-2-4-9-17/h2-4,8-9,16,21H,5-7,10-11,13-15H2,1H3. The lowest BCUT2D eigenvalue weighted by molar-refractivity contribution is -0.134. The molecule has 1 aromatic rings. The van der Waals surface area contributed by atoms with E-state index in [0.29, 0.717) is 31.6 Å². The molecule has 28 heavy (non-hydrogen) atoms. The van der Waals surface area contributed by atoms with Crippen LogP contribution in [0.2, 0.25) is 0 Å². The number of piperidine rings is 1. The van der Waals surface area contributed by atoms with Crippen molar-refractivity contribution >= 4 is 27.5 Å². The number of nitrogens with zero attached hydrogens (tertiary/aromatic N) is 3. The van der Waals surface area contributed by atoms with Gasteiger partial charge in [-0.15, -0.1) is 0 Å². The van der Waals surface area contributed by atoms with Gasteiger partial charge in [0.15, 0.2) is 0 Å². The van der Waals surface area contributed by atoms with Crippen molar-refractivity contribution in [2.24, 2.45) is 0 Å². The molecule has 2 rings (SSSR count). The normalized spacial score (nSPS) is 17.0. The molecule has 1 saturated heterocycles. The van der Waals surface area contributed by atoms with Crippen LogP contribution in [0.5, 0.6) is 0 Å². The van der Waals surface area contributed by atoms with Gasteiger partial charge in [0.05, 0.1) is 18.7 Å². The number of carbonyl (C=O) groups is 2. The highest BCUT2D eigenvalue weighted by Gasteiger charge is 2.26. The number of benzene rings is 1. The number of sulfonamides is 1. The average molecular weight is 407 g/mol. The molecule has 9 heteroatoms. The first-order valence-electron chi connectivity index (χ1n) is 9.27. The Morgan fingerprint density at radius 3 is 2.64 bits per heavy atom. The summed E-state index contributed by atoms with van der Waals surface area (Å²) in [4.78, 5) is 28.3. The fraction of sp³-hybridized carbons (Fsp3) is 0.526. The van der Waals surface area contributed by atoms with Crippen LogP contribution >= 0.6 is 0 Å². The summed E-state index contributed by atoms with van der Waals surface area (Å²) in [7, 11) is -3.32. The lowest BCUT2D eigenvalue weighted by Gasteiger charge is -2.33. The fourth-order valence-electron chi connectivity index (χ4n) is 3.28. The number of carbonyl (C=O) groups excluding carboxylic acids is 2. The first kappa shape index (κ1) is 21.9. The number of nitriles is 1. The smallest absolute Gasteiger partial charge is 0.227 e. The minimum Gasteiger partial charge on any atom is -0.341 e. The van der Waals surface area contributed by atoms with Gasteiger partial charge < -0.3 is 9.80 Å². The highest BCUT2D eigenvalue weighted by molar-refractivity contribution is 7.88. The van der Waals surface area contributed by atoms with Gasteiger partial charge in [0.25, 0.3) is 0 Å². The van der Waals surface area contributed by atoms with Crippen molar-refractivity contribution < 1.29 is 18.0 Å². The average Bonchev–Trinajstić information content (AvgIpc) is 2.66. The molecule has 2 amide bonds. The van der Waals surface area contributed by atoms with Gasteiger partial charge in [-0.3, -0.25) is 9.59 Å². The summed E-state index contributed by atoms with van der Waals surface area (Å²) >= 11 is 0. The summed E-state index contributed by atoms with van der Waals surface area (Å²) in [6, 6.07) is 10.8. The Bertz CT molecular complexity index is 820. The minimum atomic E-state index is -3.32. The summed E-state index contributed by atoms with van der Waals surface area (Å²) in [5, 5.41) is 8.84. The quantitative estimate of drug-likeness (QED) is 0.699. The van der Waals surface area contributed by atoms with Crippen molar-refractivity contribution in [1.29, 1.82) is 5.26 Å². The number of hydrogen-bond acceptors (Lipinski definition) is 5. The second-order valence-corrected chi connectivity index (χ2v) is 8.64. The maximum Gasteiger partial charge on any atom is 0.227 e. The molecule has 1 aliphatic rings. The lowest BCUT2D eigenvalue weighted by atomic mass is 10.1. The zero-order chi connectivity index (χ0) is 20.6. The molecule has 1 aliphatic heterocycles. The lowest BCUT2D eigenvalue weighted by Crippen LogP contribution is -2.49. The largest absolute Gasteiger partial charge is 0.341 e. The van der Waals surface area contributed by atoms with E-state index < -0.39 is 10.0 Å². The van der Waals surface area contributed by atoms with E-state index in [0.717, 1.165) is 6.26 Å². The molecule has 8 nitrogen and oxygen atoms in total. The fourth-order valence-corrected chi connectivity index (χ4v) is 4.07. The molecule has 1 aromatic carbocycles. The summed E-state index contributed by atoms with van der Waals surface area (Å²) in [5.41, 5.74) is 0.700. The number of amides is 2. The van der Waals surface area contributed by atoms with E-state index in [4.69, 9.17) is 5.26 Å². The number of anilines is 1. The Morgan fingerprint density at radius 1 is 1.29 bits per heavy atom. The summed E-state index contributed by atoms with van der Waals surface area (Å²) in [6.07, 6.45) is 2.81. The van der Waals surface area contributed by atoms with Crippen LogP contribution in [-0.2, 0) is 19.6 Å². The number of nitrogens with one attached hydrogen (secondary N) is 1. The van der Waals surface area contributed by atoms with Crippen molar-refractivity contribution in [3.8, 4) is 6.07 Å². The maximum atomic E-state index is 12.6. The molecule has 1 unspecified atom stereocenters. The topological polar surface area (TPSA) is 111 Å². The Morgan fingerprint density at radius 2 is 2.00 bits per heavy atom. The van der Waals surface area contributed by atoms with Crippen LogP contribution < -0.4 is 9.62 Å². The second kappa shape index (κ2) is 10.2. The molecule has 0 aliphatic carbocycles. The zero-order valence-corrected chi connectivity index (χ0v) is 16.8. The van der Waals surface area contributed by atoms with Gasteiger partial charge in [-0.1, -0.05) is 18.2 Å². The molecule has 1 fully saturated rings. The minimum absolute atomic E-state index is 0.0415. The molecule has 0 bridgehead atoms. The van der Waals surface area contributed by atoms with E-state index in [-0.39, 0.29) is 43.7 Å². The number of rotatable bonds is 8. The second-order valence-electron chi connectivity index (χ2n) is 6.86. The molecule has 0 saturated carbocycles. The SMILES string of the molecule is CS(=O)(=O)NC1CCCN(C(=O)CCC(=O)N(CCC#N)c2ccccc2)C1. The predicted octanol–water partition coefficient (Wildman–Crippen LogP) is 1.25. The third-order valence-electron chi connectivity index (χ3n) is 4.52. The van der Waals surface area contributed by atoms with E-state index >= 15 is 0 Å². The summed E-state index contributed by atoms with van der Waals surface area (Å²) in [6.45, 7) is 1.15. The van der Waals surface area contributed by atoms with Gasteiger partial charge in [-0.2, -0.15) is 5.26 Å². The molecular weight excluding hydrogens is 380 g/mol. The molecule has 1 heterocycles. The monoisotopic (exact) mass is 406 g/mol. The van der Waals surface area contributed by atoms with Gasteiger partial charge in [-0.25, -0.2) is 13.1 Å². The van der Waals surface area contributed by atoms with E-state index in [1.54, 1.807) is 17.0 Å². The molecule has 152 valence electrons. The van der Waals surface area contributed by atoms with E-state index in [1.807, 2.05) is 24.3 Å². The number of hydrogen-bond donors (Lipinski definition) is 1. The van der Waals surface area contributed by atoms with Crippen molar-refractivity contribution in [2.75, 3.05) is 30.8 Å². The van der Waals surface area contributed by atoms with Crippen molar-refractivity contribution in [2.45, 2.75) is 38.1 Å². The molecule has 0 radical (unpaired) electrons. The van der Waals surface area contributed by atoms with Gasteiger partial charge in [0.1, 0.15) is 0 Å². The van der Waals surface area contributed by atoms with Crippen LogP contribution in [-0.4, -0.2) is 57.1 Å². The highest BCUT2D eigenvalue weighted by Crippen LogP contribution is 2.17. The third-order valence-corrected chi connectivity index (χ3v) is 5.29. The molecular formula is C19H26N4O4S. The number of para-hydroxylation sites is 1. The van der Waals surface area contributed by atoms with Crippen LogP contribution in [0.3, 0.4) is 0 Å². The first-order valence-corrected chi connectivity index (χ1v) is 11.2. The van der Waals surface area contributed by atoms with Gasteiger partial charge in [0, 0.05) is 44.2 Å². The van der Waals surface area contributed by atoms with Crippen LogP contribution in [0.15, 0.2) is 30.3 Å². The van der Waals surface area contributed by atoms with Crippen LogP contribution in [0.25, 0.3) is 0 Å². The molecule has 0 spiro atoms. The van der Waals surface area contributed by atoms with Crippen LogP contribution in [0.1, 0.15) is 32.1 Å². The Balaban J connectivity index is 1.92.